The molecule has 2 aromatic carbocycles. The molecule has 0 atom stereocenters. The van der Waals surface area contributed by atoms with E-state index >= 15 is 0 Å². The SMILES string of the molecule is COc1ccc(CN(C)CC(=O)c2cccc(F)c2)cc1. The van der Waals surface area contributed by atoms with Crippen LogP contribution in [-0.2, 0) is 6.54 Å². The monoisotopic (exact) mass is 287 g/mol. The number of halogens is 1. The van der Waals surface area contributed by atoms with Crippen LogP contribution >= 0.6 is 0 Å². The zero-order valence-corrected chi connectivity index (χ0v) is 12.2. The van der Waals surface area contributed by atoms with Crippen molar-refractivity contribution in [1.29, 1.82) is 0 Å². The molecule has 0 spiro atoms. The first-order valence-corrected chi connectivity index (χ1v) is 6.68. The maximum absolute atomic E-state index is 13.1. The van der Waals surface area contributed by atoms with Crippen molar-refractivity contribution in [3.63, 3.8) is 0 Å². The van der Waals surface area contributed by atoms with Gasteiger partial charge in [-0.2, -0.15) is 0 Å². The molecule has 0 N–H and O–H groups in total. The second-order valence-electron chi connectivity index (χ2n) is 4.95. The molecule has 0 amide bonds. The van der Waals surface area contributed by atoms with Crippen molar-refractivity contribution in [2.75, 3.05) is 20.7 Å². The minimum Gasteiger partial charge on any atom is -0.497 e. The van der Waals surface area contributed by atoms with Gasteiger partial charge >= 0.3 is 0 Å². The summed E-state index contributed by atoms with van der Waals surface area (Å²) in [6.07, 6.45) is 0. The fourth-order valence-corrected chi connectivity index (χ4v) is 2.10. The molecule has 2 rings (SSSR count). The Labute approximate surface area is 124 Å². The van der Waals surface area contributed by atoms with Crippen LogP contribution in [0.2, 0.25) is 0 Å². The molecule has 0 aliphatic rings. The van der Waals surface area contributed by atoms with Crippen molar-refractivity contribution in [2.45, 2.75) is 6.54 Å². The van der Waals surface area contributed by atoms with Crippen molar-refractivity contribution in [1.82, 2.24) is 4.90 Å². The summed E-state index contributed by atoms with van der Waals surface area (Å²) in [7, 11) is 3.49. The van der Waals surface area contributed by atoms with E-state index in [1.165, 1.54) is 12.1 Å². The number of hydrogen-bond acceptors (Lipinski definition) is 3. The lowest BCUT2D eigenvalue weighted by Gasteiger charge is -2.16. The molecule has 0 saturated carbocycles. The molecule has 0 bridgehead atoms. The highest BCUT2D eigenvalue weighted by Crippen LogP contribution is 2.13. The lowest BCUT2D eigenvalue weighted by Crippen LogP contribution is -2.25. The average molecular weight is 287 g/mol. The Morgan fingerprint density at radius 3 is 2.52 bits per heavy atom. The van der Waals surface area contributed by atoms with Gasteiger partial charge in [-0.1, -0.05) is 24.3 Å². The maximum Gasteiger partial charge on any atom is 0.176 e. The summed E-state index contributed by atoms with van der Waals surface area (Å²) in [5.41, 5.74) is 1.49. The molecular weight excluding hydrogens is 269 g/mol. The Kier molecular flexibility index (Phi) is 5.06. The number of ketones is 1. The highest BCUT2D eigenvalue weighted by atomic mass is 19.1. The molecule has 0 saturated heterocycles. The van der Waals surface area contributed by atoms with Gasteiger partial charge in [-0.15, -0.1) is 0 Å². The topological polar surface area (TPSA) is 29.5 Å². The predicted octanol–water partition coefficient (Wildman–Crippen LogP) is 3.15. The summed E-state index contributed by atoms with van der Waals surface area (Å²) in [5.74, 6) is 0.321. The molecule has 21 heavy (non-hydrogen) atoms. The number of carbonyl (C=O) groups excluding carboxylic acids is 1. The number of hydrogen-bond donors (Lipinski definition) is 0. The molecule has 0 aliphatic heterocycles. The van der Waals surface area contributed by atoms with Crippen LogP contribution in [0, 0.1) is 5.82 Å². The van der Waals surface area contributed by atoms with Crippen molar-refractivity contribution in [2.24, 2.45) is 0 Å². The molecule has 0 radical (unpaired) electrons. The number of ether oxygens (including phenoxy) is 1. The van der Waals surface area contributed by atoms with Crippen LogP contribution in [0.1, 0.15) is 15.9 Å². The Balaban J connectivity index is 1.94. The molecule has 0 aromatic heterocycles. The molecule has 110 valence electrons. The van der Waals surface area contributed by atoms with Gasteiger partial charge < -0.3 is 4.74 Å². The van der Waals surface area contributed by atoms with E-state index in [-0.39, 0.29) is 12.3 Å². The summed E-state index contributed by atoms with van der Waals surface area (Å²) in [6, 6.07) is 13.5. The third-order valence-corrected chi connectivity index (χ3v) is 3.17. The molecule has 2 aromatic rings. The molecular formula is C17H18FNO2. The van der Waals surface area contributed by atoms with E-state index < -0.39 is 5.82 Å². The number of nitrogens with zero attached hydrogens (tertiary/aromatic N) is 1. The van der Waals surface area contributed by atoms with E-state index in [1.807, 2.05) is 36.2 Å². The van der Waals surface area contributed by atoms with Gasteiger partial charge in [0.05, 0.1) is 13.7 Å². The van der Waals surface area contributed by atoms with Crippen LogP contribution in [0.15, 0.2) is 48.5 Å². The molecule has 0 aliphatic carbocycles. The zero-order valence-electron chi connectivity index (χ0n) is 12.2. The van der Waals surface area contributed by atoms with Gasteiger partial charge in [0.25, 0.3) is 0 Å². The summed E-state index contributed by atoms with van der Waals surface area (Å²) < 4.78 is 18.2. The Hall–Kier alpha value is -2.20. The predicted molar refractivity (Wildman–Crippen MR) is 80.1 cm³/mol. The molecule has 0 unspecified atom stereocenters. The summed E-state index contributed by atoms with van der Waals surface area (Å²) in [6.45, 7) is 0.889. The second kappa shape index (κ2) is 6.99. The first kappa shape index (κ1) is 15.2. The van der Waals surface area contributed by atoms with Crippen LogP contribution < -0.4 is 4.74 Å². The number of Topliss-reactive ketones (excluding diaryl/α,β-unsaturated/α-hetero) is 1. The van der Waals surface area contributed by atoms with E-state index in [1.54, 1.807) is 19.2 Å². The van der Waals surface area contributed by atoms with Crippen molar-refractivity contribution >= 4 is 5.78 Å². The number of benzene rings is 2. The van der Waals surface area contributed by atoms with Crippen LogP contribution in [0.25, 0.3) is 0 Å². The zero-order chi connectivity index (χ0) is 15.2. The van der Waals surface area contributed by atoms with Gasteiger partial charge in [0.1, 0.15) is 11.6 Å². The first-order valence-electron chi connectivity index (χ1n) is 6.68. The van der Waals surface area contributed by atoms with Crippen molar-refractivity contribution in [3.05, 3.63) is 65.5 Å². The minimum absolute atomic E-state index is 0.0921. The molecule has 3 nitrogen and oxygen atoms in total. The molecule has 0 fully saturated rings. The van der Waals surface area contributed by atoms with Crippen LogP contribution in [0.3, 0.4) is 0 Å². The van der Waals surface area contributed by atoms with E-state index in [4.69, 9.17) is 4.74 Å². The number of methoxy groups -OCH3 is 1. The average Bonchev–Trinajstić information content (AvgIpc) is 2.48. The van der Waals surface area contributed by atoms with Crippen LogP contribution in [-0.4, -0.2) is 31.4 Å². The number of likely N-dealkylation sites (N-methyl/N-ethyl adjacent to an activating group) is 1. The normalized spacial score (nSPS) is 10.7. The fraction of sp³-hybridized carbons (Fsp3) is 0.235. The van der Waals surface area contributed by atoms with Crippen molar-refractivity contribution in [3.8, 4) is 5.75 Å². The van der Waals surface area contributed by atoms with Crippen LogP contribution in [0.4, 0.5) is 4.39 Å². The third-order valence-electron chi connectivity index (χ3n) is 3.17. The van der Waals surface area contributed by atoms with Gasteiger partial charge in [0.2, 0.25) is 0 Å². The highest BCUT2D eigenvalue weighted by molar-refractivity contribution is 5.97. The van der Waals surface area contributed by atoms with Gasteiger partial charge in [-0.3, -0.25) is 9.69 Å². The summed E-state index contributed by atoms with van der Waals surface area (Å²) in [4.78, 5) is 14.0. The van der Waals surface area contributed by atoms with E-state index in [2.05, 4.69) is 0 Å². The van der Waals surface area contributed by atoms with E-state index in [0.29, 0.717) is 12.1 Å². The molecule has 4 heteroatoms. The van der Waals surface area contributed by atoms with Crippen LogP contribution in [0.5, 0.6) is 5.75 Å². The molecule has 0 heterocycles. The smallest absolute Gasteiger partial charge is 0.176 e. The number of carbonyl (C=O) groups is 1. The Morgan fingerprint density at radius 1 is 1.19 bits per heavy atom. The minimum atomic E-state index is -0.390. The fourth-order valence-electron chi connectivity index (χ4n) is 2.10. The summed E-state index contributed by atoms with van der Waals surface area (Å²) in [5, 5.41) is 0. The first-order chi connectivity index (χ1) is 10.1. The quantitative estimate of drug-likeness (QED) is 0.764. The van der Waals surface area contributed by atoms with Crippen molar-refractivity contribution < 1.29 is 13.9 Å². The number of rotatable bonds is 6. The Bertz CT molecular complexity index is 610. The largest absolute Gasteiger partial charge is 0.497 e. The van der Waals surface area contributed by atoms with Gasteiger partial charge in [-0.05, 0) is 36.9 Å². The maximum atomic E-state index is 13.1. The van der Waals surface area contributed by atoms with Gasteiger partial charge in [-0.25, -0.2) is 4.39 Å². The van der Waals surface area contributed by atoms with E-state index in [0.717, 1.165) is 11.3 Å². The van der Waals surface area contributed by atoms with Gasteiger partial charge in [0, 0.05) is 12.1 Å². The third kappa shape index (κ3) is 4.39. The standard InChI is InChI=1S/C17H18FNO2/c1-19(11-13-6-8-16(21-2)9-7-13)12-17(20)14-4-3-5-15(18)10-14/h3-10H,11-12H2,1-2H3. The summed E-state index contributed by atoms with van der Waals surface area (Å²) >= 11 is 0. The Morgan fingerprint density at radius 2 is 1.90 bits per heavy atom. The lowest BCUT2D eigenvalue weighted by atomic mass is 10.1. The second-order valence-corrected chi connectivity index (χ2v) is 4.95. The lowest BCUT2D eigenvalue weighted by molar-refractivity contribution is 0.0942. The van der Waals surface area contributed by atoms with E-state index in [9.17, 15) is 9.18 Å². The van der Waals surface area contributed by atoms with Gasteiger partial charge in [0.15, 0.2) is 5.78 Å². The highest BCUT2D eigenvalue weighted by Gasteiger charge is 2.10.